The Bertz CT molecular complexity index is 440. The highest BCUT2D eigenvalue weighted by Gasteiger charge is 2.09. The molecule has 0 aliphatic heterocycles. The number of carbonyl (C=O) groups excluding carboxylic acids is 1. The Hall–Kier alpha value is -1.49. The number of carboxylic acid groups (broad SMARTS) is 1. The smallest absolute Gasteiger partial charge is 0.175 e. The van der Waals surface area contributed by atoms with E-state index in [9.17, 15) is 9.90 Å². The summed E-state index contributed by atoms with van der Waals surface area (Å²) in [5.74, 6) is -0.103. The number of hydrogen-bond acceptors (Lipinski definition) is 4. The van der Waals surface area contributed by atoms with Crippen molar-refractivity contribution < 1.29 is 19.4 Å². The van der Waals surface area contributed by atoms with E-state index in [1.807, 2.05) is 6.92 Å². The van der Waals surface area contributed by atoms with Crippen molar-refractivity contribution >= 4 is 28.0 Å². The largest absolute Gasteiger partial charge is 0.545 e. The van der Waals surface area contributed by atoms with Crippen LogP contribution in [0, 0.1) is 0 Å². The number of ether oxygens (including phenoxy) is 2. The van der Waals surface area contributed by atoms with E-state index in [4.69, 9.17) is 9.47 Å². The maximum Gasteiger partial charge on any atom is 0.175 e. The molecule has 4 nitrogen and oxygen atoms in total. The van der Waals surface area contributed by atoms with E-state index in [0.717, 1.165) is 6.08 Å². The Morgan fingerprint density at radius 2 is 2.24 bits per heavy atom. The number of rotatable bonds is 5. The van der Waals surface area contributed by atoms with Crippen LogP contribution < -0.4 is 14.6 Å². The third-order valence-corrected chi connectivity index (χ3v) is 2.54. The van der Waals surface area contributed by atoms with Crippen LogP contribution in [0.2, 0.25) is 0 Å². The van der Waals surface area contributed by atoms with Crippen LogP contribution in [0.3, 0.4) is 0 Å². The first-order chi connectivity index (χ1) is 8.08. The van der Waals surface area contributed by atoms with Gasteiger partial charge in [-0.3, -0.25) is 0 Å². The molecule has 92 valence electrons. The fraction of sp³-hybridized carbons (Fsp3) is 0.250. The van der Waals surface area contributed by atoms with Crippen LogP contribution in [0.1, 0.15) is 12.5 Å². The van der Waals surface area contributed by atoms with E-state index in [1.54, 1.807) is 12.1 Å². The maximum atomic E-state index is 10.3. The van der Waals surface area contributed by atoms with Crippen LogP contribution in [-0.2, 0) is 4.79 Å². The molecule has 1 aromatic carbocycles. The SMILES string of the molecule is CCOc1c(Br)cc(C=CC(=O)[O-])cc1OC. The lowest BCUT2D eigenvalue weighted by atomic mass is 10.2. The van der Waals surface area contributed by atoms with Crippen LogP contribution in [0.4, 0.5) is 0 Å². The van der Waals surface area contributed by atoms with Crippen molar-refractivity contribution in [1.82, 2.24) is 0 Å². The standard InChI is InChI=1S/C12H13BrO4/c1-3-17-12-9(13)6-8(4-5-11(14)15)7-10(12)16-2/h4-7H,3H2,1-2H3,(H,14,15)/p-1. The van der Waals surface area contributed by atoms with Crippen LogP contribution >= 0.6 is 15.9 Å². The molecule has 0 aliphatic rings. The lowest BCUT2D eigenvalue weighted by Gasteiger charge is -2.12. The van der Waals surface area contributed by atoms with Crippen molar-refractivity contribution in [1.29, 1.82) is 0 Å². The molecule has 1 aromatic rings. The lowest BCUT2D eigenvalue weighted by Crippen LogP contribution is -2.18. The fourth-order valence-electron chi connectivity index (χ4n) is 1.28. The highest BCUT2D eigenvalue weighted by molar-refractivity contribution is 9.10. The highest BCUT2D eigenvalue weighted by atomic mass is 79.9. The summed E-state index contributed by atoms with van der Waals surface area (Å²) in [7, 11) is 1.52. The average Bonchev–Trinajstić information content (AvgIpc) is 2.29. The number of hydrogen-bond donors (Lipinski definition) is 0. The molecule has 0 radical (unpaired) electrons. The molecule has 0 amide bonds. The van der Waals surface area contributed by atoms with Gasteiger partial charge in [0.05, 0.1) is 24.2 Å². The normalized spacial score (nSPS) is 10.5. The molecule has 0 aromatic heterocycles. The molecule has 1 rings (SSSR count). The number of benzene rings is 1. The minimum absolute atomic E-state index is 0.517. The maximum absolute atomic E-state index is 10.3. The molecule has 0 saturated heterocycles. The summed E-state index contributed by atoms with van der Waals surface area (Å²) < 4.78 is 11.3. The highest BCUT2D eigenvalue weighted by Crippen LogP contribution is 2.36. The van der Waals surface area contributed by atoms with Gasteiger partial charge in [-0.1, -0.05) is 6.08 Å². The molecule has 0 heterocycles. The Morgan fingerprint density at radius 1 is 1.53 bits per heavy atom. The van der Waals surface area contributed by atoms with Crippen molar-refractivity contribution in [2.45, 2.75) is 6.92 Å². The van der Waals surface area contributed by atoms with Crippen molar-refractivity contribution in [3.63, 3.8) is 0 Å². The number of carboxylic acids is 1. The number of halogens is 1. The molecule has 0 N–H and O–H groups in total. The summed E-state index contributed by atoms with van der Waals surface area (Å²) >= 11 is 3.34. The van der Waals surface area contributed by atoms with Gasteiger partial charge < -0.3 is 19.4 Å². The number of aliphatic carboxylic acids is 1. The van der Waals surface area contributed by atoms with Crippen molar-refractivity contribution in [3.05, 3.63) is 28.2 Å². The number of methoxy groups -OCH3 is 1. The van der Waals surface area contributed by atoms with Crippen molar-refractivity contribution in [3.8, 4) is 11.5 Å². The van der Waals surface area contributed by atoms with Gasteiger partial charge in [0, 0.05) is 0 Å². The zero-order chi connectivity index (χ0) is 12.8. The van der Waals surface area contributed by atoms with Gasteiger partial charge in [-0.2, -0.15) is 0 Å². The summed E-state index contributed by atoms with van der Waals surface area (Å²) in [4.78, 5) is 10.3. The minimum Gasteiger partial charge on any atom is -0.545 e. The van der Waals surface area contributed by atoms with Crippen molar-refractivity contribution in [2.24, 2.45) is 0 Å². The first kappa shape index (κ1) is 13.6. The topological polar surface area (TPSA) is 58.6 Å². The van der Waals surface area contributed by atoms with Gasteiger partial charge in [-0.15, -0.1) is 0 Å². The second-order valence-corrected chi connectivity index (χ2v) is 3.97. The van der Waals surface area contributed by atoms with E-state index >= 15 is 0 Å². The Balaban J connectivity index is 3.12. The summed E-state index contributed by atoms with van der Waals surface area (Å²) in [5, 5.41) is 10.3. The predicted molar refractivity (Wildman–Crippen MR) is 65.9 cm³/mol. The van der Waals surface area contributed by atoms with Gasteiger partial charge in [0.25, 0.3) is 0 Å². The summed E-state index contributed by atoms with van der Waals surface area (Å²) in [6, 6.07) is 3.43. The predicted octanol–water partition coefficient (Wildman–Crippen LogP) is 1.62. The molecular formula is C12H12BrO4-. The van der Waals surface area contributed by atoms with Gasteiger partial charge in [0.1, 0.15) is 0 Å². The molecule has 0 fully saturated rings. The summed E-state index contributed by atoms with van der Waals surface area (Å²) in [6.45, 7) is 2.39. The summed E-state index contributed by atoms with van der Waals surface area (Å²) in [6.07, 6.45) is 2.39. The van der Waals surface area contributed by atoms with Crippen LogP contribution in [0.15, 0.2) is 22.7 Å². The quantitative estimate of drug-likeness (QED) is 0.775. The molecule has 0 atom stereocenters. The molecule has 17 heavy (non-hydrogen) atoms. The van der Waals surface area contributed by atoms with Gasteiger partial charge in [0.15, 0.2) is 11.5 Å². The monoisotopic (exact) mass is 299 g/mol. The third-order valence-electron chi connectivity index (χ3n) is 1.95. The average molecular weight is 300 g/mol. The van der Waals surface area contributed by atoms with Crippen LogP contribution in [-0.4, -0.2) is 19.7 Å². The lowest BCUT2D eigenvalue weighted by molar-refractivity contribution is -0.297. The van der Waals surface area contributed by atoms with E-state index in [1.165, 1.54) is 13.2 Å². The Morgan fingerprint density at radius 3 is 2.76 bits per heavy atom. The van der Waals surface area contributed by atoms with Crippen LogP contribution in [0.25, 0.3) is 6.08 Å². The first-order valence-electron chi connectivity index (χ1n) is 4.97. The molecule has 0 spiro atoms. The molecular weight excluding hydrogens is 288 g/mol. The second kappa shape index (κ2) is 6.30. The van der Waals surface area contributed by atoms with E-state index in [0.29, 0.717) is 28.1 Å². The van der Waals surface area contributed by atoms with Gasteiger partial charge in [0.2, 0.25) is 0 Å². The molecule has 0 saturated carbocycles. The van der Waals surface area contributed by atoms with Gasteiger partial charge >= 0.3 is 0 Å². The van der Waals surface area contributed by atoms with E-state index in [-0.39, 0.29) is 0 Å². The summed E-state index contributed by atoms with van der Waals surface area (Å²) in [5.41, 5.74) is 0.682. The molecule has 0 unspecified atom stereocenters. The van der Waals surface area contributed by atoms with E-state index < -0.39 is 5.97 Å². The van der Waals surface area contributed by atoms with Crippen molar-refractivity contribution in [2.75, 3.05) is 13.7 Å². The van der Waals surface area contributed by atoms with Gasteiger partial charge in [-0.05, 0) is 46.6 Å². The molecule has 0 aliphatic carbocycles. The number of carbonyl (C=O) groups is 1. The Kier molecular flexibility index (Phi) is 5.03. The van der Waals surface area contributed by atoms with E-state index in [2.05, 4.69) is 15.9 Å². The van der Waals surface area contributed by atoms with Crippen LogP contribution in [0.5, 0.6) is 11.5 Å². The zero-order valence-corrected chi connectivity index (χ0v) is 11.1. The van der Waals surface area contributed by atoms with Gasteiger partial charge in [-0.25, -0.2) is 0 Å². The second-order valence-electron chi connectivity index (χ2n) is 3.12. The fourth-order valence-corrected chi connectivity index (χ4v) is 1.86. The minimum atomic E-state index is -1.24. The third kappa shape index (κ3) is 3.78. The zero-order valence-electron chi connectivity index (χ0n) is 9.53. The first-order valence-corrected chi connectivity index (χ1v) is 5.77. The molecule has 0 bridgehead atoms. The Labute approximate surface area is 108 Å². The molecule has 5 heteroatoms.